The Morgan fingerprint density at radius 3 is 1.07 bits per heavy atom. The second-order valence-corrected chi connectivity index (χ2v) is 6.18. The Morgan fingerprint density at radius 1 is 0.593 bits per heavy atom. The van der Waals surface area contributed by atoms with Gasteiger partial charge in [-0.1, -0.05) is 95.9 Å². The molecule has 0 saturated carbocycles. The van der Waals surface area contributed by atoms with Gasteiger partial charge in [-0.25, -0.2) is 0 Å². The molecule has 3 rings (SSSR count). The van der Waals surface area contributed by atoms with Gasteiger partial charge in [0.05, 0.1) is 0 Å². The summed E-state index contributed by atoms with van der Waals surface area (Å²) in [4.78, 5) is 20.0. The van der Waals surface area contributed by atoms with Gasteiger partial charge >= 0.3 is 0 Å². The van der Waals surface area contributed by atoms with Gasteiger partial charge in [-0.05, 0) is 0 Å². The summed E-state index contributed by atoms with van der Waals surface area (Å²) in [5.41, 5.74) is 3.34. The second-order valence-electron chi connectivity index (χ2n) is 6.18. The van der Waals surface area contributed by atoms with E-state index < -0.39 is 0 Å². The molecule has 0 atom stereocenters. The molecule has 0 heterocycles. The highest BCUT2D eigenvalue weighted by Crippen LogP contribution is 2.24. The molecule has 0 aromatic heterocycles. The van der Waals surface area contributed by atoms with Crippen molar-refractivity contribution >= 4 is 0 Å². The van der Waals surface area contributed by atoms with Crippen LogP contribution in [0.4, 0.5) is 0 Å². The number of benzene rings is 3. The van der Waals surface area contributed by atoms with Gasteiger partial charge in [-0.15, -0.1) is 9.93 Å². The van der Waals surface area contributed by atoms with E-state index >= 15 is 0 Å². The summed E-state index contributed by atoms with van der Waals surface area (Å²) in [6.45, 7) is 1.73. The number of nitroso groups, excluding NO2 is 1. The molecule has 0 N–H and O–H groups in total. The summed E-state index contributed by atoms with van der Waals surface area (Å²) >= 11 is 0. The van der Waals surface area contributed by atoms with Crippen LogP contribution in [0, 0.1) is 15.0 Å². The minimum Gasteiger partial charge on any atom is -0.444 e. The number of hydrogen-bond donors (Lipinski definition) is 0. The van der Waals surface area contributed by atoms with Crippen LogP contribution in [-0.4, -0.2) is 4.59 Å². The monoisotopic (exact) mass is 363 g/mol. The fourth-order valence-electron chi connectivity index (χ4n) is 3.02. The van der Waals surface area contributed by atoms with Crippen molar-refractivity contribution in [3.63, 3.8) is 0 Å². The normalized spacial score (nSPS) is 10.4. The predicted molar refractivity (Wildman–Crippen MR) is 106 cm³/mol. The van der Waals surface area contributed by atoms with Gasteiger partial charge in [-0.2, -0.15) is 0 Å². The van der Waals surface area contributed by atoms with Crippen LogP contribution in [0.3, 0.4) is 0 Å². The zero-order valence-electron chi connectivity index (χ0n) is 14.8. The largest absolute Gasteiger partial charge is 0.444 e. The molecule has 0 amide bonds. The molecule has 3 aromatic rings. The summed E-state index contributed by atoms with van der Waals surface area (Å²) < 4.78 is 0.109. The summed E-state index contributed by atoms with van der Waals surface area (Å²) in [5, 5.41) is 12.6. The van der Waals surface area contributed by atoms with Crippen LogP contribution >= 0.6 is 0 Å². The Morgan fingerprint density at radius 2 is 0.852 bits per heavy atom. The molecule has 0 bridgehead atoms. The van der Waals surface area contributed by atoms with Gasteiger partial charge in [0.2, 0.25) is 0 Å². The van der Waals surface area contributed by atoms with E-state index in [9.17, 15) is 4.91 Å². The van der Waals surface area contributed by atoms with Crippen LogP contribution in [0.1, 0.15) is 16.7 Å². The van der Waals surface area contributed by atoms with E-state index in [4.69, 9.17) is 10.1 Å². The van der Waals surface area contributed by atoms with Crippen LogP contribution < -0.4 is 0 Å². The van der Waals surface area contributed by atoms with Crippen molar-refractivity contribution in [1.82, 2.24) is 0 Å². The van der Waals surface area contributed by atoms with Crippen molar-refractivity contribution in [2.24, 2.45) is 10.6 Å². The number of nitrogens with zero attached hydrogens (tertiary/aromatic N) is 3. The number of quaternary nitrogens is 1. The van der Waals surface area contributed by atoms with Crippen molar-refractivity contribution in [3.8, 4) is 0 Å². The van der Waals surface area contributed by atoms with Crippen LogP contribution in [0.15, 0.2) is 102 Å². The fourth-order valence-corrected chi connectivity index (χ4v) is 3.02. The molecule has 0 fully saturated rings. The standard InChI is InChI=1S/C21H21N2O.HNO2/c24-22-23(16-19-10-4-1-5-11-19,17-20-12-6-2-7-13-20)18-21-14-8-3-9-15-21;2-1-3/h1-15H,16-18H2;(H,2,3)/q+1;/p-1. The Balaban J connectivity index is 0.000000817. The lowest BCUT2D eigenvalue weighted by molar-refractivity contribution is -0.974. The van der Waals surface area contributed by atoms with Gasteiger partial charge in [0, 0.05) is 16.7 Å². The number of hydrogen-bond acceptors (Lipinski definition) is 5. The van der Waals surface area contributed by atoms with Crippen molar-refractivity contribution in [2.45, 2.75) is 19.6 Å². The fraction of sp³-hybridized carbons (Fsp3) is 0.143. The molecular formula is C21H21N3O3. The molecule has 0 unspecified atom stereocenters. The van der Waals surface area contributed by atoms with E-state index in [1.165, 1.54) is 0 Å². The maximum absolute atomic E-state index is 12.0. The van der Waals surface area contributed by atoms with Crippen molar-refractivity contribution in [1.29, 1.82) is 0 Å². The molecule has 0 saturated heterocycles. The van der Waals surface area contributed by atoms with E-state index in [1.807, 2.05) is 91.0 Å². The molecular weight excluding hydrogens is 342 g/mol. The average Bonchev–Trinajstić information content (AvgIpc) is 2.71. The molecule has 27 heavy (non-hydrogen) atoms. The van der Waals surface area contributed by atoms with Gasteiger partial charge in [0.15, 0.2) is 5.29 Å². The molecule has 0 aliphatic heterocycles. The lowest BCUT2D eigenvalue weighted by atomic mass is 10.1. The highest BCUT2D eigenvalue weighted by Gasteiger charge is 2.31. The summed E-state index contributed by atoms with van der Waals surface area (Å²) in [6, 6.07) is 30.3. The lowest BCUT2D eigenvalue weighted by Crippen LogP contribution is -2.40. The first-order chi connectivity index (χ1) is 13.2. The molecule has 0 aliphatic rings. The first-order valence-corrected chi connectivity index (χ1v) is 8.49. The van der Waals surface area contributed by atoms with Gasteiger partial charge in [-0.3, -0.25) is 0 Å². The lowest BCUT2D eigenvalue weighted by Gasteiger charge is -2.29. The molecule has 3 aromatic carbocycles. The van der Waals surface area contributed by atoms with Crippen molar-refractivity contribution in [2.75, 3.05) is 0 Å². The third kappa shape index (κ3) is 6.45. The maximum atomic E-state index is 12.0. The van der Waals surface area contributed by atoms with Crippen molar-refractivity contribution < 1.29 is 4.59 Å². The maximum Gasteiger partial charge on any atom is 0.154 e. The van der Waals surface area contributed by atoms with Crippen LogP contribution in [-0.2, 0) is 19.6 Å². The zero-order valence-corrected chi connectivity index (χ0v) is 14.8. The highest BCUT2D eigenvalue weighted by molar-refractivity contribution is 5.17. The predicted octanol–water partition coefficient (Wildman–Crippen LogP) is 5.34. The van der Waals surface area contributed by atoms with Crippen LogP contribution in [0.25, 0.3) is 0 Å². The summed E-state index contributed by atoms with van der Waals surface area (Å²) in [5.74, 6) is 0. The second kappa shape index (κ2) is 10.6. The van der Waals surface area contributed by atoms with E-state index in [1.54, 1.807) is 0 Å². The Labute approximate surface area is 158 Å². The molecule has 6 heteroatoms. The Hall–Kier alpha value is -3.38. The van der Waals surface area contributed by atoms with Gasteiger partial charge < -0.3 is 10.1 Å². The molecule has 6 nitrogen and oxygen atoms in total. The average molecular weight is 363 g/mol. The Bertz CT molecular complexity index is 710. The zero-order chi connectivity index (χ0) is 19.4. The summed E-state index contributed by atoms with van der Waals surface area (Å²) in [6.07, 6.45) is 0. The molecule has 0 radical (unpaired) electrons. The highest BCUT2D eigenvalue weighted by atomic mass is 16.6. The SMILES string of the molecule is O=N[N+](Cc1ccccc1)(Cc1ccccc1)Cc1ccccc1.O=N[O-]. The first-order valence-electron chi connectivity index (χ1n) is 8.49. The van der Waals surface area contributed by atoms with Crippen LogP contribution in [0.2, 0.25) is 0 Å². The molecule has 138 valence electrons. The van der Waals surface area contributed by atoms with Crippen LogP contribution in [0.5, 0.6) is 0 Å². The summed E-state index contributed by atoms with van der Waals surface area (Å²) in [7, 11) is 0. The third-order valence-corrected chi connectivity index (χ3v) is 4.13. The number of rotatable bonds is 7. The van der Waals surface area contributed by atoms with Gasteiger partial charge in [0.1, 0.15) is 19.6 Å². The Kier molecular flexibility index (Phi) is 7.81. The van der Waals surface area contributed by atoms with E-state index in [0.717, 1.165) is 22.0 Å². The molecule has 0 spiro atoms. The topological polar surface area (TPSA) is 81.9 Å². The minimum absolute atomic E-state index is 0.109. The quantitative estimate of drug-likeness (QED) is 0.323. The van der Waals surface area contributed by atoms with Crippen molar-refractivity contribution in [3.05, 3.63) is 123 Å². The van der Waals surface area contributed by atoms with E-state index in [2.05, 4.69) is 5.29 Å². The molecule has 0 aliphatic carbocycles. The van der Waals surface area contributed by atoms with E-state index in [0.29, 0.717) is 19.6 Å². The first kappa shape index (κ1) is 19.9. The van der Waals surface area contributed by atoms with E-state index in [-0.39, 0.29) is 4.59 Å². The minimum atomic E-state index is 0.109. The smallest absolute Gasteiger partial charge is 0.154 e. The van der Waals surface area contributed by atoms with Gasteiger partial charge in [0.25, 0.3) is 0 Å². The third-order valence-electron chi connectivity index (χ3n) is 4.13.